The van der Waals surface area contributed by atoms with E-state index in [2.05, 4.69) is 0 Å². The molecule has 0 heterocycles. The molecule has 0 aliphatic carbocycles. The van der Waals surface area contributed by atoms with E-state index in [1.165, 1.54) is 6.92 Å². The Hall–Kier alpha value is -1.35. The Labute approximate surface area is 76.6 Å². The minimum atomic E-state index is -0.999. The van der Waals surface area contributed by atoms with E-state index in [9.17, 15) is 9.90 Å². The van der Waals surface area contributed by atoms with Crippen molar-refractivity contribution in [3.63, 3.8) is 0 Å². The summed E-state index contributed by atoms with van der Waals surface area (Å²) in [6.45, 7) is 1.48. The third-order valence-corrected chi connectivity index (χ3v) is 1.91. The molecule has 2 atom stereocenters. The van der Waals surface area contributed by atoms with Crippen LogP contribution in [0.15, 0.2) is 30.3 Å². The van der Waals surface area contributed by atoms with Crippen LogP contribution in [0.2, 0.25) is 0 Å². The van der Waals surface area contributed by atoms with Crippen LogP contribution in [0.25, 0.3) is 0 Å². The normalized spacial score (nSPS) is 14.9. The van der Waals surface area contributed by atoms with Gasteiger partial charge in [0.15, 0.2) is 0 Å². The maximum Gasteiger partial charge on any atom is 0.313 e. The summed E-state index contributed by atoms with van der Waals surface area (Å²) in [4.78, 5) is 10.8. The van der Waals surface area contributed by atoms with Gasteiger partial charge >= 0.3 is 5.97 Å². The van der Waals surface area contributed by atoms with E-state index in [0.717, 1.165) is 0 Å². The van der Waals surface area contributed by atoms with Gasteiger partial charge in [-0.2, -0.15) is 0 Å². The first-order chi connectivity index (χ1) is 6.13. The smallest absolute Gasteiger partial charge is 0.313 e. The fraction of sp³-hybridized carbons (Fsp3) is 0.300. The lowest BCUT2D eigenvalue weighted by Gasteiger charge is -2.14. The number of hydrogen-bond acceptors (Lipinski definition) is 2. The number of aliphatic carboxylic acids is 1. The predicted molar refractivity (Wildman–Crippen MR) is 48.5 cm³/mol. The SMILES string of the molecule is C[C@@H](O)[C@H](C(=O)O)c1ccccc1. The summed E-state index contributed by atoms with van der Waals surface area (Å²) in [5.74, 6) is -1.83. The zero-order valence-electron chi connectivity index (χ0n) is 7.34. The Morgan fingerprint density at radius 3 is 2.23 bits per heavy atom. The van der Waals surface area contributed by atoms with Gasteiger partial charge in [-0.3, -0.25) is 4.79 Å². The van der Waals surface area contributed by atoms with Gasteiger partial charge in [-0.05, 0) is 12.5 Å². The average molecular weight is 180 g/mol. The van der Waals surface area contributed by atoms with Crippen LogP contribution in [0, 0.1) is 0 Å². The van der Waals surface area contributed by atoms with Gasteiger partial charge < -0.3 is 10.2 Å². The van der Waals surface area contributed by atoms with E-state index in [4.69, 9.17) is 5.11 Å². The van der Waals surface area contributed by atoms with Gasteiger partial charge in [0.2, 0.25) is 0 Å². The van der Waals surface area contributed by atoms with Gasteiger partial charge in [0.25, 0.3) is 0 Å². The van der Waals surface area contributed by atoms with Gasteiger partial charge in [-0.1, -0.05) is 30.3 Å². The first-order valence-corrected chi connectivity index (χ1v) is 4.08. The average Bonchev–Trinajstić information content (AvgIpc) is 2.04. The summed E-state index contributed by atoms with van der Waals surface area (Å²) < 4.78 is 0. The lowest BCUT2D eigenvalue weighted by atomic mass is 9.95. The number of hydrogen-bond donors (Lipinski definition) is 2. The molecular formula is C10H12O3. The van der Waals surface area contributed by atoms with Crippen LogP contribution < -0.4 is 0 Å². The van der Waals surface area contributed by atoms with Crippen molar-refractivity contribution in [3.05, 3.63) is 35.9 Å². The Morgan fingerprint density at radius 2 is 1.85 bits per heavy atom. The van der Waals surface area contributed by atoms with Crippen LogP contribution in [0.3, 0.4) is 0 Å². The van der Waals surface area contributed by atoms with Crippen LogP contribution in [0.5, 0.6) is 0 Å². The highest BCUT2D eigenvalue weighted by Gasteiger charge is 2.24. The first-order valence-electron chi connectivity index (χ1n) is 4.08. The van der Waals surface area contributed by atoms with Crippen molar-refractivity contribution in [1.82, 2.24) is 0 Å². The highest BCUT2D eigenvalue weighted by molar-refractivity contribution is 5.76. The molecule has 1 aromatic carbocycles. The minimum absolute atomic E-state index is 0.630. The molecule has 0 saturated heterocycles. The fourth-order valence-corrected chi connectivity index (χ4v) is 1.29. The molecule has 0 saturated carbocycles. The van der Waals surface area contributed by atoms with Gasteiger partial charge in [-0.25, -0.2) is 0 Å². The van der Waals surface area contributed by atoms with Crippen molar-refractivity contribution < 1.29 is 15.0 Å². The molecule has 0 aliphatic rings. The lowest BCUT2D eigenvalue weighted by molar-refractivity contribution is -0.141. The molecule has 0 fully saturated rings. The Kier molecular flexibility index (Phi) is 3.03. The highest BCUT2D eigenvalue weighted by atomic mass is 16.4. The quantitative estimate of drug-likeness (QED) is 0.735. The van der Waals surface area contributed by atoms with Crippen molar-refractivity contribution in [2.45, 2.75) is 18.9 Å². The van der Waals surface area contributed by atoms with Gasteiger partial charge in [-0.15, -0.1) is 0 Å². The third-order valence-electron chi connectivity index (χ3n) is 1.91. The standard InChI is InChI=1S/C10H12O3/c1-7(11)9(10(12)13)8-5-3-2-4-6-8/h2-7,9,11H,1H3,(H,12,13)/t7-,9+/m1/s1. The van der Waals surface area contributed by atoms with E-state index >= 15 is 0 Å². The van der Waals surface area contributed by atoms with Crippen LogP contribution in [0.4, 0.5) is 0 Å². The largest absolute Gasteiger partial charge is 0.481 e. The van der Waals surface area contributed by atoms with Crippen LogP contribution in [-0.4, -0.2) is 22.3 Å². The van der Waals surface area contributed by atoms with Gasteiger partial charge in [0.05, 0.1) is 6.10 Å². The van der Waals surface area contributed by atoms with Gasteiger partial charge in [0.1, 0.15) is 5.92 Å². The number of carboxylic acid groups (broad SMARTS) is 1. The number of aliphatic hydroxyl groups is 1. The molecule has 70 valence electrons. The van der Waals surface area contributed by atoms with Crippen molar-refractivity contribution in [2.24, 2.45) is 0 Å². The Balaban J connectivity index is 2.96. The maximum atomic E-state index is 10.8. The number of carboxylic acids is 1. The van der Waals surface area contributed by atoms with E-state index in [1.807, 2.05) is 6.07 Å². The number of carbonyl (C=O) groups is 1. The van der Waals surface area contributed by atoms with Gasteiger partial charge in [0, 0.05) is 0 Å². The molecule has 0 bridgehead atoms. The van der Waals surface area contributed by atoms with Crippen LogP contribution >= 0.6 is 0 Å². The molecule has 3 heteroatoms. The Bertz CT molecular complexity index is 279. The van der Waals surface area contributed by atoms with E-state index in [0.29, 0.717) is 5.56 Å². The number of aliphatic hydroxyl groups excluding tert-OH is 1. The third kappa shape index (κ3) is 2.29. The maximum absolute atomic E-state index is 10.8. The molecule has 0 amide bonds. The Morgan fingerprint density at radius 1 is 1.31 bits per heavy atom. The second-order valence-electron chi connectivity index (χ2n) is 2.97. The summed E-state index contributed by atoms with van der Waals surface area (Å²) in [5.41, 5.74) is 0.630. The summed E-state index contributed by atoms with van der Waals surface area (Å²) in [6, 6.07) is 8.72. The molecular weight excluding hydrogens is 168 g/mol. The lowest BCUT2D eigenvalue weighted by Crippen LogP contribution is -2.23. The van der Waals surface area contributed by atoms with E-state index in [1.54, 1.807) is 24.3 Å². The number of rotatable bonds is 3. The van der Waals surface area contributed by atoms with Crippen LogP contribution in [-0.2, 0) is 4.79 Å². The molecule has 13 heavy (non-hydrogen) atoms. The van der Waals surface area contributed by atoms with Crippen molar-refractivity contribution in [1.29, 1.82) is 0 Å². The topological polar surface area (TPSA) is 57.5 Å². The number of benzene rings is 1. The zero-order chi connectivity index (χ0) is 9.84. The monoisotopic (exact) mass is 180 g/mol. The molecule has 0 spiro atoms. The fourth-order valence-electron chi connectivity index (χ4n) is 1.29. The van der Waals surface area contributed by atoms with Crippen LogP contribution in [0.1, 0.15) is 18.4 Å². The second kappa shape index (κ2) is 4.05. The minimum Gasteiger partial charge on any atom is -0.481 e. The zero-order valence-corrected chi connectivity index (χ0v) is 7.34. The summed E-state index contributed by atoms with van der Waals surface area (Å²) >= 11 is 0. The summed E-state index contributed by atoms with van der Waals surface area (Å²) in [7, 11) is 0. The second-order valence-corrected chi connectivity index (χ2v) is 2.97. The molecule has 0 aromatic heterocycles. The molecule has 0 radical (unpaired) electrons. The van der Waals surface area contributed by atoms with Crippen molar-refractivity contribution in [3.8, 4) is 0 Å². The predicted octanol–water partition coefficient (Wildman–Crippen LogP) is 1.24. The molecule has 1 aromatic rings. The molecule has 0 aliphatic heterocycles. The van der Waals surface area contributed by atoms with E-state index in [-0.39, 0.29) is 0 Å². The molecule has 0 unspecified atom stereocenters. The van der Waals surface area contributed by atoms with E-state index < -0.39 is 18.0 Å². The molecule has 1 rings (SSSR count). The summed E-state index contributed by atoms with van der Waals surface area (Å²) in [5, 5.41) is 18.1. The van der Waals surface area contributed by atoms with Crippen molar-refractivity contribution >= 4 is 5.97 Å². The highest BCUT2D eigenvalue weighted by Crippen LogP contribution is 2.19. The summed E-state index contributed by atoms with van der Waals surface area (Å²) in [6.07, 6.45) is -0.875. The molecule has 3 nitrogen and oxygen atoms in total. The first kappa shape index (κ1) is 9.74. The van der Waals surface area contributed by atoms with Crippen molar-refractivity contribution in [2.75, 3.05) is 0 Å². The molecule has 2 N–H and O–H groups in total.